The number of alkyl halides is 3. The van der Waals surface area contributed by atoms with Gasteiger partial charge in [0.2, 0.25) is 0 Å². The Morgan fingerprint density at radius 2 is 1.52 bits per heavy atom. The highest BCUT2D eigenvalue weighted by molar-refractivity contribution is 7.92. The summed E-state index contributed by atoms with van der Waals surface area (Å²) in [5, 5.41) is -0.468. The van der Waals surface area contributed by atoms with E-state index in [1.807, 2.05) is 4.72 Å². The number of benzene rings is 3. The van der Waals surface area contributed by atoms with Crippen LogP contribution >= 0.6 is 11.6 Å². The first-order valence-corrected chi connectivity index (χ1v) is 9.78. The fourth-order valence-corrected chi connectivity index (χ4v) is 3.98. The van der Waals surface area contributed by atoms with E-state index >= 15 is 0 Å². The predicted molar refractivity (Wildman–Crippen MR) is 99.1 cm³/mol. The zero-order chi connectivity index (χ0) is 21.4. The van der Waals surface area contributed by atoms with Gasteiger partial charge in [-0.05, 0) is 29.8 Å². The van der Waals surface area contributed by atoms with Crippen molar-refractivity contribution >= 4 is 27.3 Å². The molecule has 3 aromatic carbocycles. The van der Waals surface area contributed by atoms with Crippen molar-refractivity contribution in [2.24, 2.45) is 0 Å². The van der Waals surface area contributed by atoms with Gasteiger partial charge >= 0.3 is 6.18 Å². The van der Waals surface area contributed by atoms with Gasteiger partial charge in [-0.3, -0.25) is 4.72 Å². The molecule has 0 saturated heterocycles. The van der Waals surface area contributed by atoms with Crippen LogP contribution in [0.5, 0.6) is 0 Å². The Morgan fingerprint density at radius 1 is 0.862 bits per heavy atom. The van der Waals surface area contributed by atoms with Crippen LogP contribution in [-0.2, 0) is 16.2 Å². The van der Waals surface area contributed by atoms with Gasteiger partial charge in [0, 0.05) is 16.7 Å². The second-order valence-electron chi connectivity index (χ2n) is 5.96. The number of rotatable bonds is 4. The lowest BCUT2D eigenvalue weighted by Crippen LogP contribution is -2.16. The Hall–Kier alpha value is -2.65. The number of hydrogen-bond donors (Lipinski definition) is 1. The smallest absolute Gasteiger partial charge is 0.277 e. The van der Waals surface area contributed by atoms with Crippen LogP contribution < -0.4 is 4.72 Å². The molecule has 0 aliphatic carbocycles. The number of hydrogen-bond acceptors (Lipinski definition) is 2. The maximum atomic E-state index is 14.2. The third kappa shape index (κ3) is 4.68. The molecule has 0 atom stereocenters. The highest BCUT2D eigenvalue weighted by Crippen LogP contribution is 2.34. The summed E-state index contributed by atoms with van der Waals surface area (Å²) in [5.74, 6) is -2.16. The third-order valence-corrected chi connectivity index (χ3v) is 5.46. The summed E-state index contributed by atoms with van der Waals surface area (Å²) < 4.78 is 94.0. The fourth-order valence-electron chi connectivity index (χ4n) is 2.55. The Bertz CT molecular complexity index is 1170. The van der Waals surface area contributed by atoms with E-state index in [-0.39, 0.29) is 5.56 Å². The zero-order valence-corrected chi connectivity index (χ0v) is 15.8. The SMILES string of the molecule is O=S(=O)(Nc1cc(-c2ccccc2)c(F)cc1F)c1cc(Cl)cc(C(F)(F)F)c1. The second kappa shape index (κ2) is 7.64. The first-order chi connectivity index (χ1) is 13.5. The van der Waals surface area contributed by atoms with Gasteiger partial charge in [-0.15, -0.1) is 0 Å². The maximum Gasteiger partial charge on any atom is 0.416 e. The summed E-state index contributed by atoms with van der Waals surface area (Å²) in [5.41, 5.74) is -1.65. The quantitative estimate of drug-likeness (QED) is 0.491. The van der Waals surface area contributed by atoms with E-state index in [0.29, 0.717) is 23.8 Å². The topological polar surface area (TPSA) is 46.2 Å². The van der Waals surface area contributed by atoms with Crippen molar-refractivity contribution < 1.29 is 30.4 Å². The fraction of sp³-hybridized carbons (Fsp3) is 0.0526. The summed E-state index contributed by atoms with van der Waals surface area (Å²) in [4.78, 5) is -0.817. The molecule has 152 valence electrons. The lowest BCUT2D eigenvalue weighted by molar-refractivity contribution is -0.137. The summed E-state index contributed by atoms with van der Waals surface area (Å²) >= 11 is 5.61. The van der Waals surface area contributed by atoms with Gasteiger partial charge in [0.15, 0.2) is 0 Å². The summed E-state index contributed by atoms with van der Waals surface area (Å²) in [6, 6.07) is 11.1. The molecule has 0 unspecified atom stereocenters. The van der Waals surface area contributed by atoms with Crippen LogP contribution in [0.1, 0.15) is 5.56 Å². The van der Waals surface area contributed by atoms with Crippen LogP contribution in [0.2, 0.25) is 5.02 Å². The van der Waals surface area contributed by atoms with Crippen molar-refractivity contribution in [1.82, 2.24) is 0 Å². The molecule has 0 heterocycles. The van der Waals surface area contributed by atoms with E-state index in [9.17, 15) is 30.4 Å². The van der Waals surface area contributed by atoms with E-state index < -0.39 is 49.0 Å². The molecule has 0 aromatic heterocycles. The normalized spacial score (nSPS) is 12.1. The average Bonchev–Trinajstić information content (AvgIpc) is 2.63. The Morgan fingerprint density at radius 3 is 2.14 bits per heavy atom. The van der Waals surface area contributed by atoms with Crippen LogP contribution in [0.25, 0.3) is 11.1 Å². The molecule has 0 fully saturated rings. The molecular weight excluding hydrogens is 437 g/mol. The Kier molecular flexibility index (Phi) is 5.55. The number of halogens is 6. The van der Waals surface area contributed by atoms with Crippen LogP contribution in [0.4, 0.5) is 27.6 Å². The number of nitrogens with one attached hydrogen (secondary N) is 1. The van der Waals surface area contributed by atoms with Gasteiger partial charge in [0.1, 0.15) is 11.6 Å². The Balaban J connectivity index is 2.05. The minimum Gasteiger partial charge on any atom is -0.277 e. The minimum absolute atomic E-state index is 0.0909. The molecule has 29 heavy (non-hydrogen) atoms. The molecule has 0 aliphatic heterocycles. The maximum absolute atomic E-state index is 14.2. The number of anilines is 1. The third-order valence-electron chi connectivity index (χ3n) is 3.89. The van der Waals surface area contributed by atoms with Crippen molar-refractivity contribution in [3.05, 3.63) is 82.9 Å². The van der Waals surface area contributed by atoms with Crippen LogP contribution in [0.15, 0.2) is 65.6 Å². The van der Waals surface area contributed by atoms with Crippen LogP contribution in [-0.4, -0.2) is 8.42 Å². The molecule has 0 aliphatic rings. The molecule has 0 spiro atoms. The molecule has 10 heteroatoms. The molecule has 0 bridgehead atoms. The minimum atomic E-state index is -4.84. The van der Waals surface area contributed by atoms with Crippen molar-refractivity contribution in [2.75, 3.05) is 4.72 Å². The highest BCUT2D eigenvalue weighted by Gasteiger charge is 2.32. The summed E-state index contributed by atoms with van der Waals surface area (Å²) in [7, 11) is -4.65. The van der Waals surface area contributed by atoms with Crippen molar-refractivity contribution in [2.45, 2.75) is 11.1 Å². The zero-order valence-electron chi connectivity index (χ0n) is 14.3. The average molecular weight is 448 g/mol. The molecular formula is C19H11ClF5NO2S. The Labute approximate surface area is 167 Å². The van der Waals surface area contributed by atoms with E-state index in [4.69, 9.17) is 11.6 Å². The predicted octanol–water partition coefficient (Wildman–Crippen LogP) is 6.10. The summed E-state index contributed by atoms with van der Waals surface area (Å²) in [6.07, 6.45) is -4.84. The van der Waals surface area contributed by atoms with E-state index in [1.165, 1.54) is 12.1 Å². The first kappa shape index (κ1) is 21.1. The highest BCUT2D eigenvalue weighted by atomic mass is 35.5. The molecule has 3 rings (SSSR count). The van der Waals surface area contributed by atoms with Gasteiger partial charge in [0.05, 0.1) is 16.1 Å². The molecule has 0 saturated carbocycles. The first-order valence-electron chi connectivity index (χ1n) is 7.92. The van der Waals surface area contributed by atoms with Crippen molar-refractivity contribution in [3.63, 3.8) is 0 Å². The largest absolute Gasteiger partial charge is 0.416 e. The van der Waals surface area contributed by atoms with Gasteiger partial charge in [0.25, 0.3) is 10.0 Å². The van der Waals surface area contributed by atoms with Gasteiger partial charge in [-0.2, -0.15) is 13.2 Å². The molecule has 3 nitrogen and oxygen atoms in total. The van der Waals surface area contributed by atoms with Crippen LogP contribution in [0, 0.1) is 11.6 Å². The monoisotopic (exact) mass is 447 g/mol. The number of sulfonamides is 1. The lowest BCUT2D eigenvalue weighted by atomic mass is 10.0. The molecule has 3 aromatic rings. The lowest BCUT2D eigenvalue weighted by Gasteiger charge is -2.14. The molecule has 0 amide bonds. The van der Waals surface area contributed by atoms with Gasteiger partial charge in [-0.1, -0.05) is 41.9 Å². The molecule has 1 N–H and O–H groups in total. The van der Waals surface area contributed by atoms with E-state index in [0.717, 1.165) is 12.1 Å². The second-order valence-corrected chi connectivity index (χ2v) is 8.08. The van der Waals surface area contributed by atoms with Crippen LogP contribution in [0.3, 0.4) is 0 Å². The van der Waals surface area contributed by atoms with Gasteiger partial charge < -0.3 is 0 Å². The van der Waals surface area contributed by atoms with Crippen molar-refractivity contribution in [3.8, 4) is 11.1 Å². The van der Waals surface area contributed by atoms with E-state index in [1.54, 1.807) is 18.2 Å². The molecule has 0 radical (unpaired) electrons. The van der Waals surface area contributed by atoms with Gasteiger partial charge in [-0.25, -0.2) is 17.2 Å². The standard InChI is InChI=1S/C19H11ClF5NO2S/c20-13-6-12(19(23,24)25)7-14(8-13)29(27,28)26-18-9-15(16(21)10-17(18)22)11-4-2-1-3-5-11/h1-10,26H. The van der Waals surface area contributed by atoms with Crippen molar-refractivity contribution in [1.29, 1.82) is 0 Å². The van der Waals surface area contributed by atoms with E-state index in [2.05, 4.69) is 0 Å². The summed E-state index contributed by atoms with van der Waals surface area (Å²) in [6.45, 7) is 0.